The monoisotopic (exact) mass is 860 g/mol. The summed E-state index contributed by atoms with van der Waals surface area (Å²) in [6, 6.07) is 87.4. The maximum Gasteiger partial charge on any atom is 0.159 e. The molecule has 66 heavy (non-hydrogen) atoms. The van der Waals surface area contributed by atoms with Crippen LogP contribution < -0.4 is 9.80 Å². The van der Waals surface area contributed by atoms with Crippen molar-refractivity contribution in [3.63, 3.8) is 0 Å². The molecule has 4 heteroatoms. The molecule has 3 nitrogen and oxygen atoms in total. The fraction of sp³-hybridized carbons (Fsp3) is 0. The van der Waals surface area contributed by atoms with Gasteiger partial charge in [-0.15, -0.1) is 11.3 Å². The number of thiophene rings is 1. The Morgan fingerprint density at radius 3 is 1.56 bits per heavy atom. The molecule has 13 rings (SSSR count). The van der Waals surface area contributed by atoms with E-state index in [9.17, 15) is 0 Å². The number of para-hydroxylation sites is 5. The fourth-order valence-electron chi connectivity index (χ4n) is 10.1. The largest absolute Gasteiger partial charge is 0.454 e. The summed E-state index contributed by atoms with van der Waals surface area (Å²) >= 11 is 1.88. The summed E-state index contributed by atoms with van der Waals surface area (Å²) in [5.41, 5.74) is 12.9. The van der Waals surface area contributed by atoms with Crippen molar-refractivity contribution in [1.29, 1.82) is 0 Å². The van der Waals surface area contributed by atoms with Crippen LogP contribution in [0.2, 0.25) is 0 Å². The van der Waals surface area contributed by atoms with Crippen molar-refractivity contribution in [2.24, 2.45) is 0 Å². The summed E-state index contributed by atoms with van der Waals surface area (Å²) in [5.74, 6) is 0. The van der Waals surface area contributed by atoms with Crippen LogP contribution in [-0.4, -0.2) is 0 Å². The molecule has 0 spiro atoms. The minimum atomic E-state index is 0.859. The van der Waals surface area contributed by atoms with Gasteiger partial charge in [0.2, 0.25) is 0 Å². The zero-order chi connectivity index (χ0) is 43.6. The first-order valence-electron chi connectivity index (χ1n) is 22.4. The van der Waals surface area contributed by atoms with E-state index in [4.69, 9.17) is 4.42 Å². The van der Waals surface area contributed by atoms with E-state index in [1.54, 1.807) is 0 Å². The Labute approximate surface area is 386 Å². The zero-order valence-electron chi connectivity index (χ0n) is 35.8. The number of benzene rings is 11. The lowest BCUT2D eigenvalue weighted by Crippen LogP contribution is -2.11. The van der Waals surface area contributed by atoms with E-state index in [1.165, 1.54) is 52.8 Å². The maximum absolute atomic E-state index is 6.77. The molecule has 0 aliphatic carbocycles. The van der Waals surface area contributed by atoms with Crippen LogP contribution in [0.3, 0.4) is 0 Å². The Hall–Kier alpha value is -8.44. The first-order chi connectivity index (χ1) is 32.8. The molecule has 0 aliphatic heterocycles. The van der Waals surface area contributed by atoms with Crippen molar-refractivity contribution in [3.8, 4) is 22.3 Å². The lowest BCUT2D eigenvalue weighted by molar-refractivity contribution is 0.669. The molecule has 0 amide bonds. The molecule has 0 radical (unpaired) electrons. The smallest absolute Gasteiger partial charge is 0.159 e. The van der Waals surface area contributed by atoms with E-state index in [2.05, 4.69) is 246 Å². The summed E-state index contributed by atoms with van der Waals surface area (Å²) in [6.07, 6.45) is 0. The zero-order valence-corrected chi connectivity index (χ0v) is 36.6. The number of hydrogen-bond acceptors (Lipinski definition) is 4. The van der Waals surface area contributed by atoms with Crippen LogP contribution in [0.25, 0.3) is 85.9 Å². The summed E-state index contributed by atoms with van der Waals surface area (Å²) in [7, 11) is 0. The van der Waals surface area contributed by atoms with Crippen LogP contribution >= 0.6 is 11.3 Å². The molecular formula is C62H40N2OS. The lowest BCUT2D eigenvalue weighted by atomic mass is 9.96. The van der Waals surface area contributed by atoms with E-state index in [0.29, 0.717) is 0 Å². The predicted octanol–water partition coefficient (Wildman–Crippen LogP) is 18.5. The normalized spacial score (nSPS) is 11.6. The summed E-state index contributed by atoms with van der Waals surface area (Å²) < 4.78 is 9.30. The number of anilines is 6. The van der Waals surface area contributed by atoms with Gasteiger partial charge in [0.1, 0.15) is 5.58 Å². The Bertz CT molecular complexity index is 3950. The van der Waals surface area contributed by atoms with E-state index >= 15 is 0 Å². The van der Waals surface area contributed by atoms with Crippen LogP contribution in [0.1, 0.15) is 0 Å². The highest BCUT2D eigenvalue weighted by Gasteiger charge is 2.24. The van der Waals surface area contributed by atoms with Gasteiger partial charge in [-0.3, -0.25) is 0 Å². The molecule has 2 heterocycles. The van der Waals surface area contributed by atoms with Crippen LogP contribution in [0.15, 0.2) is 247 Å². The maximum atomic E-state index is 6.77. The molecular weight excluding hydrogens is 821 g/mol. The van der Waals surface area contributed by atoms with Gasteiger partial charge in [-0.1, -0.05) is 182 Å². The molecule has 310 valence electrons. The van der Waals surface area contributed by atoms with Crippen molar-refractivity contribution in [1.82, 2.24) is 0 Å². The third-order valence-corrected chi connectivity index (χ3v) is 14.2. The van der Waals surface area contributed by atoms with Crippen molar-refractivity contribution in [2.45, 2.75) is 0 Å². The highest BCUT2D eigenvalue weighted by atomic mass is 32.1. The molecule has 0 saturated heterocycles. The Morgan fingerprint density at radius 1 is 0.318 bits per heavy atom. The van der Waals surface area contributed by atoms with Crippen molar-refractivity contribution < 1.29 is 4.42 Å². The first-order valence-corrected chi connectivity index (χ1v) is 23.2. The molecule has 0 fully saturated rings. The number of furan rings is 1. The summed E-state index contributed by atoms with van der Waals surface area (Å²) in [4.78, 5) is 4.80. The first kappa shape index (κ1) is 38.1. The molecule has 0 atom stereocenters. The van der Waals surface area contributed by atoms with Crippen LogP contribution in [0.5, 0.6) is 0 Å². The van der Waals surface area contributed by atoms with Crippen LogP contribution in [0.4, 0.5) is 34.1 Å². The Morgan fingerprint density at radius 2 is 0.848 bits per heavy atom. The van der Waals surface area contributed by atoms with Gasteiger partial charge < -0.3 is 14.2 Å². The van der Waals surface area contributed by atoms with Crippen LogP contribution in [-0.2, 0) is 0 Å². The van der Waals surface area contributed by atoms with Crippen LogP contribution in [0, 0.1) is 0 Å². The second-order valence-electron chi connectivity index (χ2n) is 16.8. The average Bonchev–Trinajstić information content (AvgIpc) is 3.97. The second kappa shape index (κ2) is 15.7. The standard InChI is InChI=1S/C62H40N2OS/c1-4-19-41(20-5-1)46-25-12-15-31-55(46)63(43-23-8-3-9-24-43)45-36-38-53-59(40-45)66-62-52-37-35-44(39-54(52)48-27-10-11-29-50(48)60(53)62)64(56-32-16-13-26-47(56)42-21-6-2-7-22-42)57-33-18-30-51-49-28-14-17-34-58(49)65-61(51)57/h1-40H. The van der Waals surface area contributed by atoms with E-state index in [0.717, 1.165) is 67.2 Å². The minimum absolute atomic E-state index is 0.859. The molecule has 11 aromatic carbocycles. The van der Waals surface area contributed by atoms with Gasteiger partial charge in [0.25, 0.3) is 0 Å². The van der Waals surface area contributed by atoms with Gasteiger partial charge >= 0.3 is 0 Å². The average molecular weight is 861 g/mol. The van der Waals surface area contributed by atoms with Gasteiger partial charge in [-0.05, 0) is 87.9 Å². The highest BCUT2D eigenvalue weighted by Crippen LogP contribution is 2.50. The molecule has 0 bridgehead atoms. The van der Waals surface area contributed by atoms with Gasteiger partial charge in [-0.25, -0.2) is 0 Å². The second-order valence-corrected chi connectivity index (χ2v) is 17.8. The third-order valence-electron chi connectivity index (χ3n) is 13.0. The topological polar surface area (TPSA) is 19.6 Å². The van der Waals surface area contributed by atoms with E-state index < -0.39 is 0 Å². The van der Waals surface area contributed by atoms with Gasteiger partial charge in [0, 0.05) is 64.5 Å². The molecule has 13 aromatic rings. The molecule has 0 aliphatic rings. The number of hydrogen-bond donors (Lipinski definition) is 0. The van der Waals surface area contributed by atoms with Gasteiger partial charge in [0.05, 0.1) is 17.1 Å². The minimum Gasteiger partial charge on any atom is -0.454 e. The third kappa shape index (κ3) is 6.18. The van der Waals surface area contributed by atoms with E-state index in [-0.39, 0.29) is 0 Å². The molecule has 0 N–H and O–H groups in total. The van der Waals surface area contributed by atoms with Gasteiger partial charge in [0.15, 0.2) is 5.58 Å². The number of fused-ring (bicyclic) bond motifs is 11. The molecule has 2 aromatic heterocycles. The van der Waals surface area contributed by atoms with Crippen molar-refractivity contribution >= 4 is 109 Å². The summed E-state index contributed by atoms with van der Waals surface area (Å²) in [5, 5.41) is 9.70. The number of rotatable bonds is 8. The summed E-state index contributed by atoms with van der Waals surface area (Å²) in [6.45, 7) is 0. The fourth-order valence-corrected chi connectivity index (χ4v) is 11.4. The van der Waals surface area contributed by atoms with E-state index in [1.807, 2.05) is 17.4 Å². The quantitative estimate of drug-likeness (QED) is 0.142. The molecule has 0 saturated carbocycles. The lowest BCUT2D eigenvalue weighted by Gasteiger charge is -2.28. The Balaban J connectivity index is 1.04. The van der Waals surface area contributed by atoms with Crippen molar-refractivity contribution in [3.05, 3.63) is 243 Å². The predicted molar refractivity (Wildman–Crippen MR) is 282 cm³/mol. The van der Waals surface area contributed by atoms with Gasteiger partial charge in [-0.2, -0.15) is 0 Å². The Kier molecular flexibility index (Phi) is 9.03. The number of nitrogens with zero attached hydrogens (tertiary/aromatic N) is 2. The highest BCUT2D eigenvalue weighted by molar-refractivity contribution is 7.27. The SMILES string of the molecule is c1ccc(-c2ccccc2N(c2ccccc2)c2ccc3c(c2)sc2c4ccc(N(c5ccccc5-c5ccccc5)c5cccc6c5oc5ccccc56)cc4c4ccccc4c32)cc1. The van der Waals surface area contributed by atoms with Crippen molar-refractivity contribution in [2.75, 3.05) is 9.80 Å². The molecule has 0 unspecified atom stereocenters.